The molecule has 0 spiro atoms. The van der Waals surface area contributed by atoms with Gasteiger partial charge in [0, 0.05) is 24.6 Å². The Bertz CT molecular complexity index is 1060. The van der Waals surface area contributed by atoms with Crippen molar-refractivity contribution in [3.05, 3.63) is 30.5 Å². The fourth-order valence-corrected chi connectivity index (χ4v) is 4.34. The first-order valence-corrected chi connectivity index (χ1v) is 10.3. The molecule has 2 aromatic heterocycles. The van der Waals surface area contributed by atoms with E-state index in [9.17, 15) is 4.79 Å². The van der Waals surface area contributed by atoms with Gasteiger partial charge in [-0.1, -0.05) is 17.4 Å². The van der Waals surface area contributed by atoms with Crippen LogP contribution < -0.4 is 15.4 Å². The van der Waals surface area contributed by atoms with E-state index >= 15 is 0 Å². The van der Waals surface area contributed by atoms with E-state index in [1.165, 1.54) is 11.3 Å². The summed E-state index contributed by atoms with van der Waals surface area (Å²) in [6, 6.07) is 7.85. The van der Waals surface area contributed by atoms with Crippen LogP contribution in [0, 0.1) is 0 Å². The Morgan fingerprint density at radius 2 is 2.07 bits per heavy atom. The minimum Gasteiger partial charge on any atom is -0.474 e. The quantitative estimate of drug-likeness (QED) is 0.688. The molecule has 0 unspecified atom stereocenters. The van der Waals surface area contributed by atoms with E-state index in [2.05, 4.69) is 9.97 Å². The van der Waals surface area contributed by atoms with Crippen LogP contribution in [0.4, 0.5) is 15.6 Å². The van der Waals surface area contributed by atoms with Gasteiger partial charge in [-0.2, -0.15) is 0 Å². The summed E-state index contributed by atoms with van der Waals surface area (Å²) in [5.41, 5.74) is 9.15. The number of ether oxygens (including phenoxy) is 3. The number of hydrogen-bond acceptors (Lipinski definition) is 8. The molecule has 29 heavy (non-hydrogen) atoms. The van der Waals surface area contributed by atoms with Gasteiger partial charge < -0.3 is 19.9 Å². The Labute approximate surface area is 171 Å². The molecule has 0 bridgehead atoms. The first-order valence-electron chi connectivity index (χ1n) is 9.52. The number of nitrogens with two attached hydrogens (primary N) is 1. The van der Waals surface area contributed by atoms with Gasteiger partial charge in [-0.15, -0.1) is 0 Å². The van der Waals surface area contributed by atoms with Crippen LogP contribution in [-0.4, -0.2) is 48.5 Å². The second kappa shape index (κ2) is 7.49. The largest absolute Gasteiger partial charge is 0.474 e. The Hall–Kier alpha value is -2.91. The average Bonchev–Trinajstić information content (AvgIpc) is 3.12. The van der Waals surface area contributed by atoms with Crippen LogP contribution in [0.5, 0.6) is 5.88 Å². The second-order valence-electron chi connectivity index (χ2n) is 6.98. The summed E-state index contributed by atoms with van der Waals surface area (Å²) in [4.78, 5) is 23.1. The molecule has 1 amide bonds. The van der Waals surface area contributed by atoms with E-state index in [1.807, 2.05) is 24.3 Å². The molecule has 150 valence electrons. The monoisotopic (exact) mass is 412 g/mol. The van der Waals surface area contributed by atoms with Crippen LogP contribution in [0.3, 0.4) is 0 Å². The summed E-state index contributed by atoms with van der Waals surface area (Å²) in [6.07, 6.45) is 2.71. The maximum absolute atomic E-state index is 12.8. The number of pyridine rings is 1. The van der Waals surface area contributed by atoms with Crippen molar-refractivity contribution in [3.8, 4) is 17.0 Å². The summed E-state index contributed by atoms with van der Waals surface area (Å²) >= 11 is 1.44. The SMILES string of the molecule is Nc1nc2ccc(-c3cnc4c(c3)N(C(=O)OC3CCOCC3)CCO4)cc2s1. The van der Waals surface area contributed by atoms with Gasteiger partial charge in [-0.05, 0) is 23.8 Å². The average molecular weight is 412 g/mol. The summed E-state index contributed by atoms with van der Waals surface area (Å²) in [5.74, 6) is 0.437. The molecular weight excluding hydrogens is 392 g/mol. The first kappa shape index (κ1) is 18.1. The van der Waals surface area contributed by atoms with Gasteiger partial charge in [-0.25, -0.2) is 14.8 Å². The fraction of sp³-hybridized carbons (Fsp3) is 0.350. The number of aromatic nitrogens is 2. The van der Waals surface area contributed by atoms with Crippen molar-refractivity contribution < 1.29 is 19.0 Å². The Morgan fingerprint density at radius 1 is 1.21 bits per heavy atom. The molecule has 0 aliphatic carbocycles. The standard InChI is InChI=1S/C20H20N4O4S/c21-19-23-15-2-1-12(10-17(15)29-19)13-9-16-18(22-11-13)27-8-5-24(16)20(25)28-14-3-6-26-7-4-14/h1-2,9-11,14H,3-8H2,(H2,21,23). The van der Waals surface area contributed by atoms with Crippen molar-refractivity contribution in [1.82, 2.24) is 9.97 Å². The second-order valence-corrected chi connectivity index (χ2v) is 8.04. The zero-order chi connectivity index (χ0) is 19.8. The summed E-state index contributed by atoms with van der Waals surface area (Å²) < 4.78 is 17.7. The molecule has 0 radical (unpaired) electrons. The number of thiazole rings is 1. The molecule has 2 aliphatic heterocycles. The molecular formula is C20H20N4O4S. The summed E-state index contributed by atoms with van der Waals surface area (Å²) in [7, 11) is 0. The first-order chi connectivity index (χ1) is 14.2. The third-order valence-corrected chi connectivity index (χ3v) is 5.92. The van der Waals surface area contributed by atoms with Crippen molar-refractivity contribution in [1.29, 1.82) is 0 Å². The van der Waals surface area contributed by atoms with E-state index in [-0.39, 0.29) is 12.2 Å². The predicted octanol–water partition coefficient (Wildman–Crippen LogP) is 3.45. The number of hydrogen-bond donors (Lipinski definition) is 1. The number of nitrogen functional groups attached to an aromatic ring is 1. The zero-order valence-electron chi connectivity index (χ0n) is 15.7. The van der Waals surface area contributed by atoms with E-state index in [0.717, 1.165) is 34.2 Å². The number of rotatable bonds is 2. The van der Waals surface area contributed by atoms with Crippen molar-refractivity contribution in [2.75, 3.05) is 37.0 Å². The highest BCUT2D eigenvalue weighted by Gasteiger charge is 2.29. The molecule has 1 fully saturated rings. The van der Waals surface area contributed by atoms with E-state index in [1.54, 1.807) is 11.1 Å². The maximum atomic E-state index is 12.8. The lowest BCUT2D eigenvalue weighted by molar-refractivity contribution is 0.00340. The third-order valence-electron chi connectivity index (χ3n) is 5.07. The topological polar surface area (TPSA) is 99.8 Å². The molecule has 9 heteroatoms. The normalized spacial score (nSPS) is 17.0. The van der Waals surface area contributed by atoms with Gasteiger partial charge in [-0.3, -0.25) is 4.90 Å². The van der Waals surface area contributed by atoms with Crippen LogP contribution in [0.25, 0.3) is 21.3 Å². The third kappa shape index (κ3) is 3.58. The van der Waals surface area contributed by atoms with Gasteiger partial charge in [0.2, 0.25) is 5.88 Å². The molecule has 0 atom stereocenters. The highest BCUT2D eigenvalue weighted by molar-refractivity contribution is 7.22. The molecule has 0 saturated carbocycles. The van der Waals surface area contributed by atoms with Crippen molar-refractivity contribution in [3.63, 3.8) is 0 Å². The van der Waals surface area contributed by atoms with E-state index in [0.29, 0.717) is 43.1 Å². The van der Waals surface area contributed by atoms with Crippen LogP contribution >= 0.6 is 11.3 Å². The van der Waals surface area contributed by atoms with Crippen LogP contribution in [0.1, 0.15) is 12.8 Å². The lowest BCUT2D eigenvalue weighted by Crippen LogP contribution is -2.41. The van der Waals surface area contributed by atoms with Gasteiger partial charge >= 0.3 is 6.09 Å². The number of amides is 1. The zero-order valence-corrected chi connectivity index (χ0v) is 16.5. The van der Waals surface area contributed by atoms with Crippen LogP contribution in [0.15, 0.2) is 30.5 Å². The summed E-state index contributed by atoms with van der Waals surface area (Å²) in [5, 5.41) is 0.538. The van der Waals surface area contributed by atoms with E-state index < -0.39 is 0 Å². The molecule has 2 N–H and O–H groups in total. The van der Waals surface area contributed by atoms with Gasteiger partial charge in [0.15, 0.2) is 5.13 Å². The molecule has 1 aromatic carbocycles. The van der Waals surface area contributed by atoms with Gasteiger partial charge in [0.05, 0.1) is 30.0 Å². The number of carbonyl (C=O) groups is 1. The predicted molar refractivity (Wildman–Crippen MR) is 110 cm³/mol. The number of carbonyl (C=O) groups excluding carboxylic acids is 1. The smallest absolute Gasteiger partial charge is 0.414 e. The lowest BCUT2D eigenvalue weighted by atomic mass is 10.1. The van der Waals surface area contributed by atoms with Crippen molar-refractivity contribution in [2.24, 2.45) is 0 Å². The van der Waals surface area contributed by atoms with Crippen molar-refractivity contribution >= 4 is 38.5 Å². The maximum Gasteiger partial charge on any atom is 0.414 e. The molecule has 3 aromatic rings. The lowest BCUT2D eigenvalue weighted by Gasteiger charge is -2.31. The van der Waals surface area contributed by atoms with Crippen molar-refractivity contribution in [2.45, 2.75) is 18.9 Å². The minimum absolute atomic E-state index is 0.113. The number of anilines is 2. The van der Waals surface area contributed by atoms with Gasteiger partial charge in [0.25, 0.3) is 0 Å². The molecule has 8 nitrogen and oxygen atoms in total. The summed E-state index contributed by atoms with van der Waals surface area (Å²) in [6.45, 7) is 2.04. The molecule has 5 rings (SSSR count). The van der Waals surface area contributed by atoms with Crippen LogP contribution in [0.2, 0.25) is 0 Å². The Morgan fingerprint density at radius 3 is 2.93 bits per heavy atom. The minimum atomic E-state index is -0.369. The Kier molecular flexibility index (Phi) is 4.69. The molecule has 2 aliphatic rings. The highest BCUT2D eigenvalue weighted by atomic mass is 32.1. The van der Waals surface area contributed by atoms with Crippen LogP contribution in [-0.2, 0) is 9.47 Å². The van der Waals surface area contributed by atoms with E-state index in [4.69, 9.17) is 19.9 Å². The molecule has 1 saturated heterocycles. The highest BCUT2D eigenvalue weighted by Crippen LogP contribution is 2.36. The number of benzene rings is 1. The Balaban J connectivity index is 1.44. The molecule has 4 heterocycles. The fourth-order valence-electron chi connectivity index (χ4n) is 3.57. The number of nitrogens with zero attached hydrogens (tertiary/aromatic N) is 3. The van der Waals surface area contributed by atoms with Gasteiger partial charge in [0.1, 0.15) is 18.4 Å². The number of fused-ring (bicyclic) bond motifs is 2.